The molecule has 1 fully saturated rings. The number of thiazole rings is 1. The molecule has 0 aromatic carbocycles. The third-order valence-electron chi connectivity index (χ3n) is 3.47. The summed E-state index contributed by atoms with van der Waals surface area (Å²) in [6, 6.07) is 0.427. The molecule has 1 aliphatic rings. The summed E-state index contributed by atoms with van der Waals surface area (Å²) in [5, 5.41) is 4.72. The van der Waals surface area contributed by atoms with Crippen LogP contribution in [0.15, 0.2) is 6.20 Å². The number of anilines is 1. The van der Waals surface area contributed by atoms with E-state index in [-0.39, 0.29) is 0 Å². The first-order chi connectivity index (χ1) is 8.74. The van der Waals surface area contributed by atoms with Crippen molar-refractivity contribution >= 4 is 16.5 Å². The van der Waals surface area contributed by atoms with E-state index in [4.69, 9.17) is 0 Å². The van der Waals surface area contributed by atoms with Crippen molar-refractivity contribution in [3.05, 3.63) is 11.1 Å². The molecule has 1 aromatic heterocycles. The van der Waals surface area contributed by atoms with Crippen LogP contribution in [0.5, 0.6) is 0 Å². The Labute approximate surface area is 115 Å². The third kappa shape index (κ3) is 3.69. The van der Waals surface area contributed by atoms with Gasteiger partial charge in [0.15, 0.2) is 5.13 Å². The Morgan fingerprint density at radius 2 is 2.28 bits per heavy atom. The molecule has 1 aliphatic carbocycles. The minimum atomic E-state index is 0.427. The number of rotatable bonds is 8. The Balaban J connectivity index is 1.94. The van der Waals surface area contributed by atoms with Gasteiger partial charge in [0, 0.05) is 30.2 Å². The van der Waals surface area contributed by atoms with E-state index in [0.717, 1.165) is 19.0 Å². The molecule has 0 amide bonds. The third-order valence-corrected chi connectivity index (χ3v) is 4.71. The number of nitrogens with one attached hydrogen (secondary N) is 1. The average molecular weight is 267 g/mol. The van der Waals surface area contributed by atoms with Crippen LogP contribution in [0.3, 0.4) is 0 Å². The molecule has 1 saturated carbocycles. The Hall–Kier alpha value is -0.610. The number of aromatic nitrogens is 1. The highest BCUT2D eigenvalue weighted by molar-refractivity contribution is 7.15. The summed E-state index contributed by atoms with van der Waals surface area (Å²) in [4.78, 5) is 8.39. The fourth-order valence-corrected chi connectivity index (χ4v) is 3.05. The van der Waals surface area contributed by atoms with Crippen LogP contribution < -0.4 is 10.2 Å². The standard InChI is InChI=1S/C14H25N3S/c1-4-8-15-11(3)13-9-16-14(18-13)17(5-2)10-12-6-7-12/h9,11-12,15H,4-8,10H2,1-3H3. The van der Waals surface area contributed by atoms with Crippen molar-refractivity contribution in [1.29, 1.82) is 0 Å². The van der Waals surface area contributed by atoms with Gasteiger partial charge in [0.05, 0.1) is 0 Å². The zero-order chi connectivity index (χ0) is 13.0. The first kappa shape index (κ1) is 13.8. The zero-order valence-electron chi connectivity index (χ0n) is 11.8. The van der Waals surface area contributed by atoms with Crippen molar-refractivity contribution < 1.29 is 0 Å². The maximum absolute atomic E-state index is 4.60. The topological polar surface area (TPSA) is 28.2 Å². The summed E-state index contributed by atoms with van der Waals surface area (Å²) in [5.41, 5.74) is 0. The predicted molar refractivity (Wildman–Crippen MR) is 79.4 cm³/mol. The lowest BCUT2D eigenvalue weighted by atomic mass is 10.3. The van der Waals surface area contributed by atoms with Crippen LogP contribution >= 0.6 is 11.3 Å². The molecule has 1 N–H and O–H groups in total. The quantitative estimate of drug-likeness (QED) is 0.782. The van der Waals surface area contributed by atoms with Crippen molar-refractivity contribution in [2.45, 2.75) is 46.1 Å². The van der Waals surface area contributed by atoms with Crippen molar-refractivity contribution in [3.63, 3.8) is 0 Å². The molecule has 4 heteroatoms. The van der Waals surface area contributed by atoms with Gasteiger partial charge in [-0.25, -0.2) is 4.98 Å². The lowest BCUT2D eigenvalue weighted by Gasteiger charge is -2.19. The van der Waals surface area contributed by atoms with Gasteiger partial charge in [-0.05, 0) is 45.6 Å². The van der Waals surface area contributed by atoms with Crippen LogP contribution in [0.2, 0.25) is 0 Å². The largest absolute Gasteiger partial charge is 0.348 e. The first-order valence-electron chi connectivity index (χ1n) is 7.18. The van der Waals surface area contributed by atoms with E-state index in [2.05, 4.69) is 36.0 Å². The smallest absolute Gasteiger partial charge is 0.185 e. The van der Waals surface area contributed by atoms with Crippen molar-refractivity contribution in [1.82, 2.24) is 10.3 Å². The van der Waals surface area contributed by atoms with Gasteiger partial charge in [-0.3, -0.25) is 0 Å². The van der Waals surface area contributed by atoms with Gasteiger partial charge in [-0.15, -0.1) is 11.3 Å². The molecule has 1 heterocycles. The van der Waals surface area contributed by atoms with Crippen LogP contribution in [0.1, 0.15) is 51.0 Å². The SMILES string of the molecule is CCCNC(C)c1cnc(N(CC)CC2CC2)s1. The second kappa shape index (κ2) is 6.53. The van der Waals surface area contributed by atoms with Crippen LogP contribution in [-0.4, -0.2) is 24.6 Å². The molecule has 3 nitrogen and oxygen atoms in total. The molecule has 0 bridgehead atoms. The summed E-state index contributed by atoms with van der Waals surface area (Å²) in [7, 11) is 0. The Morgan fingerprint density at radius 1 is 1.50 bits per heavy atom. The van der Waals surface area contributed by atoms with Gasteiger partial charge >= 0.3 is 0 Å². The minimum Gasteiger partial charge on any atom is -0.348 e. The van der Waals surface area contributed by atoms with Gasteiger partial charge in [0.1, 0.15) is 0 Å². The van der Waals surface area contributed by atoms with Crippen molar-refractivity contribution in [3.8, 4) is 0 Å². The van der Waals surface area contributed by atoms with E-state index in [9.17, 15) is 0 Å². The van der Waals surface area contributed by atoms with Crippen molar-refractivity contribution in [2.75, 3.05) is 24.5 Å². The molecule has 0 saturated heterocycles. The molecule has 18 heavy (non-hydrogen) atoms. The fourth-order valence-electron chi connectivity index (χ4n) is 2.04. The highest BCUT2D eigenvalue weighted by Crippen LogP contribution is 2.33. The Bertz CT molecular complexity index is 360. The average Bonchev–Trinajstić information content (AvgIpc) is 3.07. The van der Waals surface area contributed by atoms with E-state index < -0.39 is 0 Å². The summed E-state index contributed by atoms with van der Waals surface area (Å²) in [5.74, 6) is 0.924. The van der Waals surface area contributed by atoms with E-state index in [1.54, 1.807) is 0 Å². The first-order valence-corrected chi connectivity index (χ1v) is 8.00. The highest BCUT2D eigenvalue weighted by Gasteiger charge is 2.25. The molecule has 0 radical (unpaired) electrons. The monoisotopic (exact) mass is 267 g/mol. The van der Waals surface area contributed by atoms with Gasteiger partial charge in [0.2, 0.25) is 0 Å². The molecular weight excluding hydrogens is 242 g/mol. The van der Waals surface area contributed by atoms with E-state index >= 15 is 0 Å². The fraction of sp³-hybridized carbons (Fsp3) is 0.786. The van der Waals surface area contributed by atoms with Gasteiger partial charge < -0.3 is 10.2 Å². The molecule has 2 rings (SSSR count). The van der Waals surface area contributed by atoms with Crippen LogP contribution in [0.4, 0.5) is 5.13 Å². The molecule has 1 atom stereocenters. The van der Waals surface area contributed by atoms with Gasteiger partial charge in [-0.2, -0.15) is 0 Å². The normalized spacial score (nSPS) is 16.8. The van der Waals surface area contributed by atoms with Crippen LogP contribution in [-0.2, 0) is 0 Å². The lowest BCUT2D eigenvalue weighted by Crippen LogP contribution is -2.24. The molecule has 102 valence electrons. The maximum atomic E-state index is 4.60. The van der Waals surface area contributed by atoms with Crippen LogP contribution in [0.25, 0.3) is 0 Å². The summed E-state index contributed by atoms with van der Waals surface area (Å²) in [6.45, 7) is 9.99. The Morgan fingerprint density at radius 3 is 2.89 bits per heavy atom. The second-order valence-electron chi connectivity index (χ2n) is 5.20. The maximum Gasteiger partial charge on any atom is 0.185 e. The number of hydrogen-bond donors (Lipinski definition) is 1. The molecule has 0 aliphatic heterocycles. The number of hydrogen-bond acceptors (Lipinski definition) is 4. The highest BCUT2D eigenvalue weighted by atomic mass is 32.1. The van der Waals surface area contributed by atoms with Gasteiger partial charge in [0.25, 0.3) is 0 Å². The predicted octanol–water partition coefficient (Wildman–Crippen LogP) is 3.44. The molecule has 1 aromatic rings. The van der Waals surface area contributed by atoms with E-state index in [1.165, 1.54) is 35.8 Å². The lowest BCUT2D eigenvalue weighted by molar-refractivity contribution is 0.577. The van der Waals surface area contributed by atoms with E-state index in [1.807, 2.05) is 17.5 Å². The number of nitrogens with zero attached hydrogens (tertiary/aromatic N) is 2. The summed E-state index contributed by atoms with van der Waals surface area (Å²) in [6.07, 6.45) is 6.04. The Kier molecular flexibility index (Phi) is 5.01. The minimum absolute atomic E-state index is 0.427. The summed E-state index contributed by atoms with van der Waals surface area (Å²) < 4.78 is 0. The van der Waals surface area contributed by atoms with Crippen molar-refractivity contribution in [2.24, 2.45) is 5.92 Å². The van der Waals surface area contributed by atoms with Crippen LogP contribution in [0, 0.1) is 5.92 Å². The molecular formula is C14H25N3S. The molecule has 0 spiro atoms. The second-order valence-corrected chi connectivity index (χ2v) is 6.24. The van der Waals surface area contributed by atoms with Gasteiger partial charge in [-0.1, -0.05) is 6.92 Å². The van der Waals surface area contributed by atoms with E-state index in [0.29, 0.717) is 6.04 Å². The molecule has 1 unspecified atom stereocenters. The zero-order valence-corrected chi connectivity index (χ0v) is 12.6. The summed E-state index contributed by atoms with van der Waals surface area (Å²) >= 11 is 1.85.